The van der Waals surface area contributed by atoms with Crippen LogP contribution >= 0.6 is 0 Å². The Kier molecular flexibility index (Phi) is 3.39. The summed E-state index contributed by atoms with van der Waals surface area (Å²) in [6.07, 6.45) is 3.36. The molecule has 3 rings (SSSR count). The number of benzene rings is 1. The van der Waals surface area contributed by atoms with Crippen molar-refractivity contribution in [3.05, 3.63) is 65.4 Å². The maximum absolute atomic E-state index is 13.3. The molecule has 0 radical (unpaired) electrons. The largest absolute Gasteiger partial charge is 0.350 e. The van der Waals surface area contributed by atoms with Gasteiger partial charge in [0.2, 0.25) is 0 Å². The smallest absolute Gasteiger partial charge is 0.268 e. The molecule has 0 bridgehead atoms. The van der Waals surface area contributed by atoms with Crippen molar-refractivity contribution >= 4 is 16.8 Å². The van der Waals surface area contributed by atoms with Gasteiger partial charge in [-0.05, 0) is 48.4 Å². The fraction of sp³-hybridized carbons (Fsp3) is 0.125. The minimum Gasteiger partial charge on any atom is -0.350 e. The Balaban J connectivity index is 1.83. The molecule has 0 unspecified atom stereocenters. The van der Waals surface area contributed by atoms with Crippen LogP contribution in [0.4, 0.5) is 4.39 Å². The van der Waals surface area contributed by atoms with Gasteiger partial charge in [0.25, 0.3) is 5.91 Å². The number of hydrogen-bond acceptors (Lipinski definition) is 2. The number of nitrogens with one attached hydrogen (secondary N) is 2. The number of carbonyl (C=O) groups is 1. The highest BCUT2D eigenvalue weighted by atomic mass is 19.1. The molecule has 4 nitrogen and oxygen atoms in total. The summed E-state index contributed by atoms with van der Waals surface area (Å²) in [6.45, 7) is 2.23. The van der Waals surface area contributed by atoms with Gasteiger partial charge in [0, 0.05) is 29.8 Å². The van der Waals surface area contributed by atoms with Gasteiger partial charge in [0.1, 0.15) is 11.5 Å². The Morgan fingerprint density at radius 1 is 1.29 bits per heavy atom. The zero-order valence-electron chi connectivity index (χ0n) is 11.5. The molecule has 0 saturated carbocycles. The van der Waals surface area contributed by atoms with E-state index in [2.05, 4.69) is 15.3 Å². The maximum Gasteiger partial charge on any atom is 0.268 e. The van der Waals surface area contributed by atoms with E-state index in [9.17, 15) is 9.18 Å². The number of halogens is 1. The summed E-state index contributed by atoms with van der Waals surface area (Å²) < 4.78 is 13.3. The molecule has 0 atom stereocenters. The van der Waals surface area contributed by atoms with Crippen molar-refractivity contribution in [1.82, 2.24) is 15.3 Å². The van der Waals surface area contributed by atoms with Gasteiger partial charge in [-0.3, -0.25) is 9.78 Å². The molecule has 0 aliphatic rings. The molecule has 2 aromatic heterocycles. The van der Waals surface area contributed by atoms with Crippen LogP contribution in [0.3, 0.4) is 0 Å². The highest BCUT2D eigenvalue weighted by molar-refractivity contribution is 6.00. The van der Waals surface area contributed by atoms with E-state index in [4.69, 9.17) is 0 Å². The second kappa shape index (κ2) is 5.36. The van der Waals surface area contributed by atoms with Crippen LogP contribution in [0.2, 0.25) is 0 Å². The average Bonchev–Trinajstić information content (AvgIpc) is 2.83. The van der Waals surface area contributed by atoms with Crippen LogP contribution in [0, 0.1) is 12.7 Å². The van der Waals surface area contributed by atoms with E-state index in [-0.39, 0.29) is 11.7 Å². The van der Waals surface area contributed by atoms with Crippen LogP contribution < -0.4 is 5.32 Å². The summed E-state index contributed by atoms with van der Waals surface area (Å²) in [5, 5.41) is 3.57. The summed E-state index contributed by atoms with van der Waals surface area (Å²) in [5.41, 5.74) is 2.93. The zero-order valence-corrected chi connectivity index (χ0v) is 11.5. The predicted molar refractivity (Wildman–Crippen MR) is 78.4 cm³/mol. The van der Waals surface area contributed by atoms with Crippen molar-refractivity contribution in [2.24, 2.45) is 0 Å². The van der Waals surface area contributed by atoms with E-state index in [1.807, 2.05) is 12.1 Å². The summed E-state index contributed by atoms with van der Waals surface area (Å²) in [7, 11) is 0. The molecule has 3 aromatic rings. The van der Waals surface area contributed by atoms with Gasteiger partial charge in [0.15, 0.2) is 0 Å². The van der Waals surface area contributed by atoms with Gasteiger partial charge < -0.3 is 10.3 Å². The number of amides is 1. The van der Waals surface area contributed by atoms with Crippen molar-refractivity contribution in [3.8, 4) is 0 Å². The van der Waals surface area contributed by atoms with E-state index in [1.54, 1.807) is 25.4 Å². The Morgan fingerprint density at radius 3 is 2.81 bits per heavy atom. The number of aromatic amines is 1. The van der Waals surface area contributed by atoms with Gasteiger partial charge in [-0.15, -0.1) is 0 Å². The minimum atomic E-state index is -0.312. The quantitative estimate of drug-likeness (QED) is 0.776. The maximum atomic E-state index is 13.3. The molecule has 0 spiro atoms. The Hall–Kier alpha value is -2.69. The van der Waals surface area contributed by atoms with Crippen molar-refractivity contribution in [1.29, 1.82) is 0 Å². The molecule has 1 aromatic carbocycles. The van der Waals surface area contributed by atoms with E-state index in [1.165, 1.54) is 12.1 Å². The second-order valence-corrected chi connectivity index (χ2v) is 4.85. The topological polar surface area (TPSA) is 57.8 Å². The number of fused-ring (bicyclic) bond motifs is 1. The van der Waals surface area contributed by atoms with Crippen LogP contribution in [0.25, 0.3) is 10.9 Å². The van der Waals surface area contributed by atoms with Gasteiger partial charge in [-0.2, -0.15) is 0 Å². The van der Waals surface area contributed by atoms with E-state index in [0.29, 0.717) is 12.2 Å². The molecule has 1 amide bonds. The molecule has 2 N–H and O–H groups in total. The number of nitrogens with zero attached hydrogens (tertiary/aromatic N) is 1. The lowest BCUT2D eigenvalue weighted by molar-refractivity contribution is 0.0946. The molecular formula is C16H14FN3O. The standard InChI is InChI=1S/C16H14FN3O/c1-10-13-8-12(17)2-3-14(13)20-15(10)16(21)19-9-11-4-6-18-7-5-11/h2-8,20H,9H2,1H3,(H,19,21). The first-order valence-corrected chi connectivity index (χ1v) is 6.60. The number of H-pyrrole nitrogens is 1. The van der Waals surface area contributed by atoms with Gasteiger partial charge in [0.05, 0.1) is 0 Å². The number of aryl methyl sites for hydroxylation is 1. The van der Waals surface area contributed by atoms with E-state index in [0.717, 1.165) is 22.0 Å². The Bertz CT molecular complexity index is 796. The highest BCUT2D eigenvalue weighted by Gasteiger charge is 2.14. The number of hydrogen-bond donors (Lipinski definition) is 2. The SMILES string of the molecule is Cc1c(C(=O)NCc2ccncc2)[nH]c2ccc(F)cc12. The third-order valence-corrected chi connectivity index (χ3v) is 3.45. The number of aromatic nitrogens is 2. The Morgan fingerprint density at radius 2 is 2.05 bits per heavy atom. The van der Waals surface area contributed by atoms with Crippen molar-refractivity contribution in [2.45, 2.75) is 13.5 Å². The molecule has 106 valence electrons. The normalized spacial score (nSPS) is 10.8. The Labute approximate surface area is 121 Å². The van der Waals surface area contributed by atoms with E-state index < -0.39 is 0 Å². The summed E-state index contributed by atoms with van der Waals surface area (Å²) >= 11 is 0. The van der Waals surface area contributed by atoms with Gasteiger partial charge >= 0.3 is 0 Å². The average molecular weight is 283 g/mol. The fourth-order valence-corrected chi connectivity index (χ4v) is 2.30. The van der Waals surface area contributed by atoms with Crippen LogP contribution in [0.5, 0.6) is 0 Å². The first-order valence-electron chi connectivity index (χ1n) is 6.60. The third-order valence-electron chi connectivity index (χ3n) is 3.45. The lowest BCUT2D eigenvalue weighted by Crippen LogP contribution is -2.23. The van der Waals surface area contributed by atoms with Crippen molar-refractivity contribution in [3.63, 3.8) is 0 Å². The molecule has 0 aliphatic heterocycles. The number of carbonyl (C=O) groups excluding carboxylic acids is 1. The molecular weight excluding hydrogens is 269 g/mol. The molecule has 0 aliphatic carbocycles. The third kappa shape index (κ3) is 2.63. The highest BCUT2D eigenvalue weighted by Crippen LogP contribution is 2.22. The van der Waals surface area contributed by atoms with Crippen molar-refractivity contribution in [2.75, 3.05) is 0 Å². The zero-order chi connectivity index (χ0) is 14.8. The first-order chi connectivity index (χ1) is 10.1. The van der Waals surface area contributed by atoms with E-state index >= 15 is 0 Å². The molecule has 5 heteroatoms. The van der Waals surface area contributed by atoms with Gasteiger partial charge in [-0.25, -0.2) is 4.39 Å². The molecule has 0 fully saturated rings. The second-order valence-electron chi connectivity index (χ2n) is 4.85. The van der Waals surface area contributed by atoms with Crippen LogP contribution in [0.15, 0.2) is 42.7 Å². The number of rotatable bonds is 3. The summed E-state index contributed by atoms with van der Waals surface area (Å²) in [4.78, 5) is 19.2. The number of pyridine rings is 1. The predicted octanol–water partition coefficient (Wildman–Crippen LogP) is 2.94. The fourth-order valence-electron chi connectivity index (χ4n) is 2.30. The lowest BCUT2D eigenvalue weighted by Gasteiger charge is -2.04. The molecule has 21 heavy (non-hydrogen) atoms. The molecule has 2 heterocycles. The van der Waals surface area contributed by atoms with Crippen LogP contribution in [-0.2, 0) is 6.54 Å². The minimum absolute atomic E-state index is 0.207. The monoisotopic (exact) mass is 283 g/mol. The lowest BCUT2D eigenvalue weighted by atomic mass is 10.1. The van der Waals surface area contributed by atoms with Crippen molar-refractivity contribution < 1.29 is 9.18 Å². The summed E-state index contributed by atoms with van der Waals surface area (Å²) in [6, 6.07) is 8.12. The molecule has 0 saturated heterocycles. The first kappa shape index (κ1) is 13.3. The van der Waals surface area contributed by atoms with Crippen LogP contribution in [-0.4, -0.2) is 15.9 Å². The van der Waals surface area contributed by atoms with Crippen LogP contribution in [0.1, 0.15) is 21.6 Å². The van der Waals surface area contributed by atoms with Gasteiger partial charge in [-0.1, -0.05) is 0 Å². The summed E-state index contributed by atoms with van der Waals surface area (Å²) in [5.74, 6) is -0.519.